The zero-order valence-electron chi connectivity index (χ0n) is 20.6. The largest absolute Gasteiger partial charge is 0.336 e. The number of amides is 2. The second kappa shape index (κ2) is 10.7. The third-order valence-electron chi connectivity index (χ3n) is 6.79. The Bertz CT molecular complexity index is 1370. The lowest BCUT2D eigenvalue weighted by Crippen LogP contribution is -2.50. The minimum Gasteiger partial charge on any atom is -0.336 e. The Labute approximate surface area is 222 Å². The summed E-state index contributed by atoms with van der Waals surface area (Å²) in [4.78, 5) is 29.5. The molecule has 9 heteroatoms. The smallest absolute Gasteiger partial charge is 0.253 e. The standard InChI is InChI=1S/C28H29N3O4S2/c1-21-7-13-25(14-8-21)37(34,35)30-17-15-29(16-18-30)27(33)23-9-11-24(12-10-23)28-31(26(32)20-36-28)19-22-5-3-2-4-6-22/h2-14,28H,15-20H2,1H3. The van der Waals surface area contributed by atoms with Gasteiger partial charge in [-0.05, 0) is 42.3 Å². The van der Waals surface area contributed by atoms with Crippen LogP contribution in [0.2, 0.25) is 0 Å². The number of rotatable bonds is 6. The quantitative estimate of drug-likeness (QED) is 0.478. The van der Waals surface area contributed by atoms with Crippen molar-refractivity contribution in [3.05, 3.63) is 101 Å². The van der Waals surface area contributed by atoms with Crippen LogP contribution in [-0.2, 0) is 21.4 Å². The molecule has 0 N–H and O–H groups in total. The van der Waals surface area contributed by atoms with Gasteiger partial charge in [-0.25, -0.2) is 8.42 Å². The van der Waals surface area contributed by atoms with Gasteiger partial charge in [-0.15, -0.1) is 11.8 Å². The van der Waals surface area contributed by atoms with E-state index in [9.17, 15) is 18.0 Å². The van der Waals surface area contributed by atoms with E-state index in [-0.39, 0.29) is 35.2 Å². The molecule has 0 aromatic heterocycles. The summed E-state index contributed by atoms with van der Waals surface area (Å²) in [6.45, 7) is 3.66. The SMILES string of the molecule is Cc1ccc(S(=O)(=O)N2CCN(C(=O)c3ccc(C4SCC(=O)N4Cc4ccccc4)cc3)CC2)cc1. The molecule has 2 amide bonds. The van der Waals surface area contributed by atoms with E-state index in [2.05, 4.69) is 0 Å². The van der Waals surface area contributed by atoms with Crippen molar-refractivity contribution in [2.75, 3.05) is 31.9 Å². The minimum atomic E-state index is -3.58. The van der Waals surface area contributed by atoms with Gasteiger partial charge in [-0.1, -0.05) is 60.2 Å². The van der Waals surface area contributed by atoms with E-state index in [0.717, 1.165) is 16.7 Å². The van der Waals surface area contributed by atoms with E-state index < -0.39 is 10.0 Å². The summed E-state index contributed by atoms with van der Waals surface area (Å²) in [5.41, 5.74) is 3.63. The molecule has 2 aliphatic rings. The molecule has 3 aromatic rings. The lowest BCUT2D eigenvalue weighted by Gasteiger charge is -2.34. The summed E-state index contributed by atoms with van der Waals surface area (Å²) in [6.07, 6.45) is 0. The number of thioether (sulfide) groups is 1. The van der Waals surface area contributed by atoms with Gasteiger partial charge in [0, 0.05) is 38.3 Å². The van der Waals surface area contributed by atoms with Crippen LogP contribution in [0.25, 0.3) is 0 Å². The topological polar surface area (TPSA) is 78.0 Å². The van der Waals surface area contributed by atoms with E-state index in [1.165, 1.54) is 4.31 Å². The number of nitrogens with zero attached hydrogens (tertiary/aromatic N) is 3. The van der Waals surface area contributed by atoms with Crippen LogP contribution in [0, 0.1) is 6.92 Å². The number of hydrogen-bond acceptors (Lipinski definition) is 5. The molecule has 3 aromatic carbocycles. The molecule has 0 spiro atoms. The normalized spacial score (nSPS) is 18.8. The zero-order valence-corrected chi connectivity index (χ0v) is 22.2. The van der Waals surface area contributed by atoms with Gasteiger partial charge in [-0.3, -0.25) is 9.59 Å². The number of sulfonamides is 1. The van der Waals surface area contributed by atoms with E-state index in [1.807, 2.05) is 54.3 Å². The Hall–Kier alpha value is -3.14. The molecular weight excluding hydrogens is 506 g/mol. The van der Waals surface area contributed by atoms with Crippen LogP contribution >= 0.6 is 11.8 Å². The third-order valence-corrected chi connectivity index (χ3v) is 9.96. The summed E-state index contributed by atoms with van der Waals surface area (Å²) >= 11 is 1.59. The molecule has 2 aliphatic heterocycles. The second-order valence-electron chi connectivity index (χ2n) is 9.30. The summed E-state index contributed by atoms with van der Waals surface area (Å²) in [5.74, 6) is 0.432. The van der Waals surface area contributed by atoms with Crippen molar-refractivity contribution in [3.8, 4) is 0 Å². The van der Waals surface area contributed by atoms with Crippen LogP contribution in [0.5, 0.6) is 0 Å². The molecule has 37 heavy (non-hydrogen) atoms. The maximum Gasteiger partial charge on any atom is 0.253 e. The van der Waals surface area contributed by atoms with Gasteiger partial charge in [0.2, 0.25) is 15.9 Å². The van der Waals surface area contributed by atoms with E-state index >= 15 is 0 Å². The molecule has 1 unspecified atom stereocenters. The first kappa shape index (κ1) is 25.5. The second-order valence-corrected chi connectivity index (χ2v) is 12.3. The number of aryl methyl sites for hydroxylation is 1. The highest BCUT2D eigenvalue weighted by molar-refractivity contribution is 8.00. The number of benzene rings is 3. The molecular formula is C28H29N3O4S2. The molecule has 2 fully saturated rings. The van der Waals surface area contributed by atoms with Crippen molar-refractivity contribution in [2.24, 2.45) is 0 Å². The van der Waals surface area contributed by atoms with Crippen molar-refractivity contribution in [2.45, 2.75) is 23.7 Å². The Morgan fingerprint density at radius 2 is 1.54 bits per heavy atom. The van der Waals surface area contributed by atoms with Gasteiger partial charge >= 0.3 is 0 Å². The average molecular weight is 536 g/mol. The maximum atomic E-state index is 13.1. The minimum absolute atomic E-state index is 0.0904. The lowest BCUT2D eigenvalue weighted by atomic mass is 10.1. The van der Waals surface area contributed by atoms with Crippen LogP contribution in [0.15, 0.2) is 83.8 Å². The molecule has 7 nitrogen and oxygen atoms in total. The Morgan fingerprint density at radius 1 is 0.892 bits per heavy atom. The summed E-state index contributed by atoms with van der Waals surface area (Å²) in [5, 5.41) is -0.0904. The summed E-state index contributed by atoms with van der Waals surface area (Å²) < 4.78 is 27.4. The fourth-order valence-corrected chi connectivity index (χ4v) is 7.26. The Kier molecular flexibility index (Phi) is 7.37. The third kappa shape index (κ3) is 5.44. The molecule has 0 bridgehead atoms. The van der Waals surface area contributed by atoms with E-state index in [0.29, 0.717) is 31.0 Å². The lowest BCUT2D eigenvalue weighted by molar-refractivity contribution is -0.128. The fourth-order valence-electron chi connectivity index (χ4n) is 4.65. The number of carbonyl (C=O) groups excluding carboxylic acids is 2. The first-order chi connectivity index (χ1) is 17.8. The molecule has 0 saturated carbocycles. The van der Waals surface area contributed by atoms with Gasteiger partial charge in [0.15, 0.2) is 0 Å². The average Bonchev–Trinajstić information content (AvgIpc) is 3.29. The van der Waals surface area contributed by atoms with Gasteiger partial charge in [0.1, 0.15) is 5.37 Å². The van der Waals surface area contributed by atoms with Crippen LogP contribution < -0.4 is 0 Å². The molecule has 192 valence electrons. The highest BCUT2D eigenvalue weighted by atomic mass is 32.2. The van der Waals surface area contributed by atoms with Gasteiger partial charge in [-0.2, -0.15) is 4.31 Å². The molecule has 2 saturated heterocycles. The highest BCUT2D eigenvalue weighted by Crippen LogP contribution is 2.39. The predicted octanol–water partition coefficient (Wildman–Crippen LogP) is 3.92. The number of carbonyl (C=O) groups is 2. The van der Waals surface area contributed by atoms with Crippen molar-refractivity contribution < 1.29 is 18.0 Å². The first-order valence-electron chi connectivity index (χ1n) is 12.2. The summed E-state index contributed by atoms with van der Waals surface area (Å²) in [7, 11) is -3.58. The van der Waals surface area contributed by atoms with Gasteiger partial charge in [0.05, 0.1) is 10.6 Å². The van der Waals surface area contributed by atoms with E-state index in [1.54, 1.807) is 53.1 Å². The monoisotopic (exact) mass is 535 g/mol. The fraction of sp³-hybridized carbons (Fsp3) is 0.286. The van der Waals surface area contributed by atoms with Gasteiger partial charge in [0.25, 0.3) is 5.91 Å². The summed E-state index contributed by atoms with van der Waals surface area (Å²) in [6, 6.07) is 24.2. The van der Waals surface area contributed by atoms with Gasteiger partial charge < -0.3 is 9.80 Å². The van der Waals surface area contributed by atoms with Crippen LogP contribution in [-0.4, -0.2) is 66.3 Å². The maximum absolute atomic E-state index is 13.1. The van der Waals surface area contributed by atoms with Crippen molar-refractivity contribution >= 4 is 33.6 Å². The van der Waals surface area contributed by atoms with Crippen molar-refractivity contribution in [3.63, 3.8) is 0 Å². The van der Waals surface area contributed by atoms with E-state index in [4.69, 9.17) is 0 Å². The first-order valence-corrected chi connectivity index (χ1v) is 14.7. The van der Waals surface area contributed by atoms with Crippen LogP contribution in [0.3, 0.4) is 0 Å². The van der Waals surface area contributed by atoms with Crippen molar-refractivity contribution in [1.82, 2.24) is 14.1 Å². The molecule has 2 heterocycles. The molecule has 0 aliphatic carbocycles. The van der Waals surface area contributed by atoms with Crippen LogP contribution in [0.1, 0.15) is 32.4 Å². The Balaban J connectivity index is 1.22. The molecule has 5 rings (SSSR count). The van der Waals surface area contributed by atoms with Crippen molar-refractivity contribution in [1.29, 1.82) is 0 Å². The Morgan fingerprint density at radius 3 is 2.19 bits per heavy atom. The molecule has 1 atom stereocenters. The number of piperazine rings is 1. The predicted molar refractivity (Wildman–Crippen MR) is 144 cm³/mol. The number of hydrogen-bond donors (Lipinski definition) is 0. The van der Waals surface area contributed by atoms with Crippen LogP contribution in [0.4, 0.5) is 0 Å². The molecule has 0 radical (unpaired) electrons. The highest BCUT2D eigenvalue weighted by Gasteiger charge is 2.33. The zero-order chi connectivity index (χ0) is 26.0.